The summed E-state index contributed by atoms with van der Waals surface area (Å²) in [5.74, 6) is 2.32. The van der Waals surface area contributed by atoms with Gasteiger partial charge in [0.25, 0.3) is 0 Å². The number of ether oxygens (including phenoxy) is 2. The van der Waals surface area contributed by atoms with E-state index in [1.54, 1.807) is 0 Å². The highest BCUT2D eigenvalue weighted by atomic mass is 16.5. The Labute approximate surface area is 182 Å². The fourth-order valence-corrected chi connectivity index (χ4v) is 4.13. The first-order chi connectivity index (χ1) is 15.0. The molecule has 3 aromatic rings. The fraction of sp³-hybridized carbons (Fsp3) is 0.360. The van der Waals surface area contributed by atoms with Gasteiger partial charge < -0.3 is 19.6 Å². The van der Waals surface area contributed by atoms with Crippen molar-refractivity contribution in [3.63, 3.8) is 0 Å². The van der Waals surface area contributed by atoms with E-state index in [4.69, 9.17) is 19.6 Å². The number of fused-ring (bicyclic) bond motifs is 1. The molecule has 6 heteroatoms. The van der Waals surface area contributed by atoms with Crippen molar-refractivity contribution in [1.29, 1.82) is 0 Å². The van der Waals surface area contributed by atoms with Gasteiger partial charge in [0.05, 0.1) is 25.3 Å². The van der Waals surface area contributed by atoms with Crippen LogP contribution < -0.4 is 10.5 Å². The van der Waals surface area contributed by atoms with Crippen molar-refractivity contribution in [2.24, 2.45) is 0 Å². The Morgan fingerprint density at radius 2 is 2.13 bits per heavy atom. The molecule has 0 radical (unpaired) electrons. The number of benzene rings is 2. The summed E-state index contributed by atoms with van der Waals surface area (Å²) in [6.45, 7) is 4.69. The number of rotatable bonds is 8. The van der Waals surface area contributed by atoms with Crippen LogP contribution in [-0.4, -0.2) is 24.2 Å². The Morgan fingerprint density at radius 1 is 1.26 bits per heavy atom. The maximum absolute atomic E-state index is 11.8. The number of hydrogen-bond acceptors (Lipinski definition) is 6. The minimum atomic E-state index is -0.124. The summed E-state index contributed by atoms with van der Waals surface area (Å²) in [5.41, 5.74) is 10.8. The lowest BCUT2D eigenvalue weighted by Crippen LogP contribution is -2.08. The van der Waals surface area contributed by atoms with Gasteiger partial charge in [-0.1, -0.05) is 12.1 Å². The molecule has 0 amide bonds. The topological polar surface area (TPSA) is 87.6 Å². The number of aromatic nitrogens is 1. The van der Waals surface area contributed by atoms with Crippen LogP contribution in [0.15, 0.2) is 46.9 Å². The second-order valence-corrected chi connectivity index (χ2v) is 7.85. The Balaban J connectivity index is 1.35. The van der Waals surface area contributed by atoms with E-state index in [0.717, 1.165) is 35.6 Å². The van der Waals surface area contributed by atoms with Crippen molar-refractivity contribution in [3.05, 3.63) is 65.0 Å². The minimum Gasteiger partial charge on any atom is -0.493 e. The Bertz CT molecular complexity index is 1070. The molecule has 1 atom stereocenters. The largest absolute Gasteiger partial charge is 0.493 e. The van der Waals surface area contributed by atoms with Gasteiger partial charge in [-0.3, -0.25) is 4.79 Å². The molecule has 4 rings (SSSR count). The lowest BCUT2D eigenvalue weighted by Gasteiger charge is -2.12. The second-order valence-electron chi connectivity index (χ2n) is 7.85. The first-order valence-corrected chi connectivity index (χ1v) is 10.8. The van der Waals surface area contributed by atoms with Gasteiger partial charge in [0.2, 0.25) is 5.89 Å². The summed E-state index contributed by atoms with van der Waals surface area (Å²) in [6, 6.07) is 13.7. The zero-order valence-electron chi connectivity index (χ0n) is 18.0. The fourth-order valence-electron chi connectivity index (χ4n) is 4.13. The van der Waals surface area contributed by atoms with Crippen LogP contribution in [0, 0.1) is 6.92 Å². The molecule has 0 saturated carbocycles. The number of esters is 1. The van der Waals surface area contributed by atoms with E-state index in [9.17, 15) is 4.79 Å². The molecule has 162 valence electrons. The van der Waals surface area contributed by atoms with Gasteiger partial charge in [-0.2, -0.15) is 0 Å². The zero-order valence-corrected chi connectivity index (χ0v) is 18.0. The van der Waals surface area contributed by atoms with Crippen LogP contribution in [0.2, 0.25) is 0 Å². The third-order valence-electron chi connectivity index (χ3n) is 5.67. The number of nitrogens with zero attached hydrogens (tertiary/aromatic N) is 1. The third kappa shape index (κ3) is 4.90. The normalized spacial score (nSPS) is 15.0. The first-order valence-electron chi connectivity index (χ1n) is 10.8. The number of anilines is 1. The number of hydrogen-bond donors (Lipinski definition) is 1. The molecule has 0 unspecified atom stereocenters. The van der Waals surface area contributed by atoms with Crippen molar-refractivity contribution in [1.82, 2.24) is 4.98 Å². The van der Waals surface area contributed by atoms with E-state index in [0.29, 0.717) is 37.6 Å². The molecule has 0 spiro atoms. The summed E-state index contributed by atoms with van der Waals surface area (Å²) < 4.78 is 16.9. The van der Waals surface area contributed by atoms with Crippen LogP contribution in [0.4, 0.5) is 5.69 Å². The van der Waals surface area contributed by atoms with Crippen molar-refractivity contribution in [2.75, 3.05) is 18.9 Å². The molecule has 0 saturated heterocycles. The van der Waals surface area contributed by atoms with Crippen molar-refractivity contribution in [3.8, 4) is 17.2 Å². The average Bonchev–Trinajstić information content (AvgIpc) is 3.31. The van der Waals surface area contributed by atoms with E-state index in [1.165, 1.54) is 11.1 Å². The van der Waals surface area contributed by atoms with Crippen LogP contribution in [0.3, 0.4) is 0 Å². The summed E-state index contributed by atoms with van der Waals surface area (Å²) in [5, 5.41) is 0. The van der Waals surface area contributed by atoms with E-state index < -0.39 is 0 Å². The van der Waals surface area contributed by atoms with Crippen LogP contribution >= 0.6 is 0 Å². The number of carbonyl (C=O) groups is 1. The molecule has 31 heavy (non-hydrogen) atoms. The molecule has 0 bridgehead atoms. The number of oxazole rings is 1. The summed E-state index contributed by atoms with van der Waals surface area (Å²) in [6.07, 6.45) is 3.03. The lowest BCUT2D eigenvalue weighted by molar-refractivity contribution is -0.143. The summed E-state index contributed by atoms with van der Waals surface area (Å²) in [4.78, 5) is 16.4. The number of carbonyl (C=O) groups excluding carboxylic acids is 1. The molecule has 1 heterocycles. The maximum Gasteiger partial charge on any atom is 0.306 e. The molecule has 1 aliphatic rings. The van der Waals surface area contributed by atoms with E-state index in [-0.39, 0.29) is 11.9 Å². The average molecular weight is 421 g/mol. The molecule has 6 nitrogen and oxygen atoms in total. The molecule has 2 aromatic carbocycles. The van der Waals surface area contributed by atoms with Crippen molar-refractivity contribution < 1.29 is 18.7 Å². The number of nitrogens with two attached hydrogens (primary N) is 1. The summed E-state index contributed by atoms with van der Waals surface area (Å²) >= 11 is 0. The van der Waals surface area contributed by atoms with Crippen LogP contribution in [0.5, 0.6) is 5.75 Å². The van der Waals surface area contributed by atoms with Gasteiger partial charge in [-0.15, -0.1) is 0 Å². The van der Waals surface area contributed by atoms with Gasteiger partial charge in [0, 0.05) is 17.7 Å². The molecule has 1 aromatic heterocycles. The van der Waals surface area contributed by atoms with Crippen LogP contribution in [0.1, 0.15) is 48.3 Å². The standard InChI is InChI=1S/C25H28N2O4/c1-3-29-24(28)15-18-8-7-17-14-21(9-10-22(17)18)30-12-11-23-16(2)31-25(27-23)19-5-4-6-20(26)13-19/h4-6,9-10,13-14,18H,3,7-8,11-12,15,26H2,1-2H3/t18-/m0/s1. The molecule has 2 N–H and O–H groups in total. The van der Waals surface area contributed by atoms with Gasteiger partial charge in [-0.05, 0) is 74.1 Å². The Hall–Kier alpha value is -3.28. The Morgan fingerprint density at radius 3 is 2.94 bits per heavy atom. The molecular weight excluding hydrogens is 392 g/mol. The van der Waals surface area contributed by atoms with Gasteiger partial charge in [0.1, 0.15) is 11.5 Å². The Kier molecular flexibility index (Phi) is 6.26. The van der Waals surface area contributed by atoms with Gasteiger partial charge in [-0.25, -0.2) is 4.98 Å². The third-order valence-corrected chi connectivity index (χ3v) is 5.67. The predicted molar refractivity (Wildman–Crippen MR) is 119 cm³/mol. The maximum atomic E-state index is 11.8. The van der Waals surface area contributed by atoms with E-state index in [2.05, 4.69) is 17.1 Å². The molecule has 1 aliphatic carbocycles. The highest BCUT2D eigenvalue weighted by Crippen LogP contribution is 2.37. The lowest BCUT2D eigenvalue weighted by atomic mass is 9.98. The first kappa shape index (κ1) is 21.0. The molecular formula is C25H28N2O4. The quantitative estimate of drug-likeness (QED) is 0.415. The van der Waals surface area contributed by atoms with Crippen LogP contribution in [-0.2, 0) is 22.4 Å². The molecule has 0 fully saturated rings. The monoisotopic (exact) mass is 420 g/mol. The number of aryl methyl sites for hydroxylation is 2. The highest BCUT2D eigenvalue weighted by molar-refractivity contribution is 5.71. The zero-order chi connectivity index (χ0) is 21.8. The van der Waals surface area contributed by atoms with Gasteiger partial charge >= 0.3 is 5.97 Å². The van der Waals surface area contributed by atoms with Gasteiger partial charge in [0.15, 0.2) is 0 Å². The second kappa shape index (κ2) is 9.25. The highest BCUT2D eigenvalue weighted by Gasteiger charge is 2.25. The SMILES string of the molecule is CCOC(=O)C[C@@H]1CCc2cc(OCCc3nc(-c4cccc(N)c4)oc3C)ccc21. The smallest absolute Gasteiger partial charge is 0.306 e. The predicted octanol–water partition coefficient (Wildman–Crippen LogP) is 4.84. The summed E-state index contributed by atoms with van der Waals surface area (Å²) in [7, 11) is 0. The van der Waals surface area contributed by atoms with Crippen molar-refractivity contribution >= 4 is 11.7 Å². The van der Waals surface area contributed by atoms with E-state index in [1.807, 2.05) is 44.2 Å². The minimum absolute atomic E-state index is 0.124. The van der Waals surface area contributed by atoms with E-state index >= 15 is 0 Å². The van der Waals surface area contributed by atoms with Crippen LogP contribution in [0.25, 0.3) is 11.5 Å². The molecule has 0 aliphatic heterocycles. The van der Waals surface area contributed by atoms with Crippen molar-refractivity contribution in [2.45, 2.75) is 45.4 Å². The number of nitrogen functional groups attached to an aromatic ring is 1.